The Balaban J connectivity index is 1.16. The molecule has 0 radical (unpaired) electrons. The topological polar surface area (TPSA) is 167 Å². The van der Waals surface area contributed by atoms with Crippen LogP contribution in [0.25, 0.3) is 0 Å². The van der Waals surface area contributed by atoms with Crippen molar-refractivity contribution in [3.05, 3.63) is 205 Å². The van der Waals surface area contributed by atoms with Crippen LogP contribution in [0.4, 0.5) is 0 Å². The van der Waals surface area contributed by atoms with E-state index >= 15 is 4.79 Å². The summed E-state index contributed by atoms with van der Waals surface area (Å²) in [6.45, 7) is 3.60. The van der Waals surface area contributed by atoms with Crippen LogP contribution in [0.3, 0.4) is 0 Å². The highest BCUT2D eigenvalue weighted by Gasteiger charge is 2.42. The van der Waals surface area contributed by atoms with Crippen LogP contribution in [0.15, 0.2) is 149 Å². The van der Waals surface area contributed by atoms with Gasteiger partial charge in [0.2, 0.25) is 22.5 Å². The number of carbonyl (C=O) groups excluding carboxylic acids is 4. The minimum atomic E-state index is -1.00. The highest BCUT2D eigenvalue weighted by Crippen LogP contribution is 2.41. The van der Waals surface area contributed by atoms with Gasteiger partial charge in [-0.05, 0) is 46.0 Å². The average Bonchev–Trinajstić information content (AvgIpc) is 3.39. The molecule has 0 aliphatic carbocycles. The van der Waals surface area contributed by atoms with Gasteiger partial charge in [0.1, 0.15) is 31.7 Å². The van der Waals surface area contributed by atoms with Gasteiger partial charge >= 0.3 is 5.97 Å². The molecular formula is C53H49N7O9. The van der Waals surface area contributed by atoms with E-state index in [9.17, 15) is 29.1 Å². The molecule has 10 rings (SSSR count). The molecular weight excluding hydrogens is 879 g/mol. The first-order valence-corrected chi connectivity index (χ1v) is 22.8. The second kappa shape index (κ2) is 18.0. The van der Waals surface area contributed by atoms with Crippen LogP contribution in [-0.2, 0) is 16.1 Å². The zero-order valence-electron chi connectivity index (χ0n) is 38.2. The molecule has 1 N–H and O–H groups in total. The quantitative estimate of drug-likeness (QED) is 0.177. The fourth-order valence-corrected chi connectivity index (χ4v) is 9.70. The van der Waals surface area contributed by atoms with Gasteiger partial charge < -0.3 is 29.3 Å². The fourth-order valence-electron chi connectivity index (χ4n) is 9.70. The highest BCUT2D eigenvalue weighted by atomic mass is 16.5. The first-order chi connectivity index (χ1) is 33.4. The molecule has 3 amide bonds. The Morgan fingerprint density at radius 3 is 1.99 bits per heavy atom. The third kappa shape index (κ3) is 7.96. The van der Waals surface area contributed by atoms with Crippen molar-refractivity contribution in [1.29, 1.82) is 0 Å². The standard InChI is InChI=1S/C53H49N7O9/c1-33(2)53(67)69-49-42(62)23-26-58-47(49)52(66)55-24-12-13-27-68-43-21-20-36(28-39(43)45(59(58)31-55)35-16-8-5-9-17-35)40-30-56-32-60(57-25-22-41(61)48(63)46(57)51(56)65)44(34-14-6-4-7-15-34)38-19-11-10-18-37(38)29-54(3)50(40)64/h4-23,25-26,28,33,40,44-45,63H,24,27,29-32H2,1-3H3/b13-12-/t40?,44?,45-/m1/s1. The van der Waals surface area contributed by atoms with Gasteiger partial charge in [0, 0.05) is 56.8 Å². The molecule has 16 heteroatoms. The fraction of sp³-hybridized carbons (Fsp3) is 0.245. The van der Waals surface area contributed by atoms with E-state index in [-0.39, 0.29) is 62.6 Å². The van der Waals surface area contributed by atoms with Crippen LogP contribution < -0.4 is 30.3 Å². The van der Waals surface area contributed by atoms with Crippen molar-refractivity contribution in [2.45, 2.75) is 38.4 Å². The number of likely N-dealkylation sites (N-methyl/N-ethyl adjacent to an activating group) is 1. The summed E-state index contributed by atoms with van der Waals surface area (Å²) >= 11 is 0. The van der Waals surface area contributed by atoms with Crippen molar-refractivity contribution >= 4 is 23.7 Å². The third-order valence-electron chi connectivity index (χ3n) is 13.1. The normalized spacial score (nSPS) is 19.6. The molecule has 4 aliphatic rings. The van der Waals surface area contributed by atoms with Crippen molar-refractivity contribution in [3.63, 3.8) is 0 Å². The summed E-state index contributed by atoms with van der Waals surface area (Å²) in [4.78, 5) is 89.0. The van der Waals surface area contributed by atoms with Crippen molar-refractivity contribution < 1.29 is 33.8 Å². The lowest BCUT2D eigenvalue weighted by atomic mass is 9.90. The molecule has 0 saturated carbocycles. The van der Waals surface area contributed by atoms with Gasteiger partial charge in [-0.25, -0.2) is 0 Å². The third-order valence-corrected chi connectivity index (χ3v) is 13.1. The number of pyridine rings is 2. The Bertz CT molecular complexity index is 3170. The van der Waals surface area contributed by atoms with E-state index < -0.39 is 58.3 Å². The lowest BCUT2D eigenvalue weighted by Gasteiger charge is -2.45. The first-order valence-electron chi connectivity index (χ1n) is 22.8. The predicted molar refractivity (Wildman–Crippen MR) is 255 cm³/mol. The van der Waals surface area contributed by atoms with Crippen LogP contribution in [0.1, 0.15) is 86.2 Å². The SMILES string of the molecule is CC(C)C(=O)Oc1c2n(ccc1=O)N1CN(C/C=C\COc3ccc(C4CN5CN(C(c6ccccc6)c6ccccc6CN(C)C4=O)n4ccc(=O)c(O)c4C5=O)cc3[C@H]1c1ccccc1)C2=O. The van der Waals surface area contributed by atoms with E-state index in [0.29, 0.717) is 16.9 Å². The Hall–Kier alpha value is -8.40. The first kappa shape index (κ1) is 44.4. The Morgan fingerprint density at radius 1 is 0.681 bits per heavy atom. The second-order valence-electron chi connectivity index (χ2n) is 17.9. The zero-order chi connectivity index (χ0) is 48.1. The van der Waals surface area contributed by atoms with E-state index in [1.807, 2.05) is 107 Å². The zero-order valence-corrected chi connectivity index (χ0v) is 38.2. The van der Waals surface area contributed by atoms with E-state index in [0.717, 1.165) is 22.3 Å². The minimum Gasteiger partial charge on any atom is -0.502 e. The Morgan fingerprint density at radius 2 is 1.29 bits per heavy atom. The highest BCUT2D eigenvalue weighted by molar-refractivity contribution is 5.98. The van der Waals surface area contributed by atoms with Crippen molar-refractivity contribution in [2.24, 2.45) is 5.92 Å². The molecule has 2 aromatic heterocycles. The number of nitrogens with zero attached hydrogens (tertiary/aromatic N) is 7. The number of esters is 1. The van der Waals surface area contributed by atoms with Crippen LogP contribution in [0, 0.1) is 5.92 Å². The largest absolute Gasteiger partial charge is 0.502 e. The smallest absolute Gasteiger partial charge is 0.313 e. The average molecular weight is 928 g/mol. The number of hydrogen-bond acceptors (Lipinski definition) is 11. The summed E-state index contributed by atoms with van der Waals surface area (Å²) < 4.78 is 15.3. The summed E-state index contributed by atoms with van der Waals surface area (Å²) in [6, 6.07) is 33.8. The molecule has 2 unspecified atom stereocenters. The summed E-state index contributed by atoms with van der Waals surface area (Å²) in [7, 11) is 1.73. The molecule has 4 aliphatic heterocycles. The van der Waals surface area contributed by atoms with Crippen LogP contribution in [-0.4, -0.2) is 92.9 Å². The monoisotopic (exact) mass is 927 g/mol. The second-order valence-corrected chi connectivity index (χ2v) is 17.9. The number of rotatable bonds is 5. The van der Waals surface area contributed by atoms with Gasteiger partial charge in [-0.1, -0.05) is 111 Å². The Kier molecular flexibility index (Phi) is 11.6. The molecule has 350 valence electrons. The Labute approximate surface area is 397 Å². The van der Waals surface area contributed by atoms with Gasteiger partial charge in [-0.2, -0.15) is 0 Å². The molecule has 16 nitrogen and oxygen atoms in total. The van der Waals surface area contributed by atoms with Crippen LogP contribution >= 0.6 is 0 Å². The summed E-state index contributed by atoms with van der Waals surface area (Å²) in [5.41, 5.74) is 2.78. The molecule has 0 saturated heterocycles. The molecule has 0 spiro atoms. The molecule has 6 aromatic rings. The van der Waals surface area contributed by atoms with E-state index in [2.05, 4.69) is 0 Å². The number of carbonyl (C=O) groups is 4. The lowest BCUT2D eigenvalue weighted by molar-refractivity contribution is -0.138. The molecule has 6 heterocycles. The minimum absolute atomic E-state index is 0.0211. The van der Waals surface area contributed by atoms with Gasteiger partial charge in [0.15, 0.2) is 17.1 Å². The maximum atomic E-state index is 15.3. The van der Waals surface area contributed by atoms with Gasteiger partial charge in [0.25, 0.3) is 11.8 Å². The summed E-state index contributed by atoms with van der Waals surface area (Å²) in [5, 5.41) is 15.2. The molecule has 4 aromatic carbocycles. The van der Waals surface area contributed by atoms with Crippen LogP contribution in [0.5, 0.6) is 17.2 Å². The summed E-state index contributed by atoms with van der Waals surface area (Å²) in [6.07, 6.45) is 6.58. The van der Waals surface area contributed by atoms with Gasteiger partial charge in [-0.15, -0.1) is 0 Å². The van der Waals surface area contributed by atoms with E-state index in [1.54, 1.807) is 58.3 Å². The molecule has 0 fully saturated rings. The maximum absolute atomic E-state index is 15.3. The molecule has 69 heavy (non-hydrogen) atoms. The van der Waals surface area contributed by atoms with E-state index in [1.165, 1.54) is 29.4 Å². The number of amides is 3. The lowest BCUT2D eigenvalue weighted by Crippen LogP contribution is -2.56. The van der Waals surface area contributed by atoms with E-state index in [4.69, 9.17) is 9.47 Å². The number of aromatic nitrogens is 2. The van der Waals surface area contributed by atoms with Crippen LogP contribution in [0.2, 0.25) is 0 Å². The molecule has 3 atom stereocenters. The maximum Gasteiger partial charge on any atom is 0.313 e. The van der Waals surface area contributed by atoms with Crippen molar-refractivity contribution in [1.82, 2.24) is 24.1 Å². The molecule has 4 bridgehead atoms. The number of fused-ring (bicyclic) bond motifs is 10. The van der Waals surface area contributed by atoms with Crippen molar-refractivity contribution in [3.8, 4) is 17.2 Å². The predicted octanol–water partition coefficient (Wildman–Crippen LogP) is 5.26. The number of aromatic hydroxyl groups is 1. The number of benzene rings is 4. The van der Waals surface area contributed by atoms with Crippen molar-refractivity contribution in [2.75, 3.05) is 50.1 Å². The number of hydrogen-bond donors (Lipinski definition) is 1. The summed E-state index contributed by atoms with van der Waals surface area (Å²) in [5.74, 6) is -4.34. The number of ether oxygens (including phenoxy) is 2. The van der Waals surface area contributed by atoms with Gasteiger partial charge in [-0.3, -0.25) is 48.1 Å². The van der Waals surface area contributed by atoms with Gasteiger partial charge in [0.05, 0.1) is 17.9 Å².